The fourth-order valence-corrected chi connectivity index (χ4v) is 2.79. The fourth-order valence-electron chi connectivity index (χ4n) is 2.51. The van der Waals surface area contributed by atoms with Crippen LogP contribution >= 0.6 is 11.6 Å². The Morgan fingerprint density at radius 2 is 1.57 bits per heavy atom. The monoisotopic (exact) mass is 303 g/mol. The predicted molar refractivity (Wildman–Crippen MR) is 88.7 cm³/mol. The van der Waals surface area contributed by atoms with Gasteiger partial charge in [-0.2, -0.15) is 0 Å². The van der Waals surface area contributed by atoms with E-state index in [0.29, 0.717) is 17.5 Å². The van der Waals surface area contributed by atoms with Crippen molar-refractivity contribution in [2.75, 3.05) is 6.54 Å². The lowest BCUT2D eigenvalue weighted by Gasteiger charge is -2.23. The molecule has 0 fully saturated rings. The summed E-state index contributed by atoms with van der Waals surface area (Å²) < 4.78 is 0. The normalized spacial score (nSPS) is 14.2. The molecule has 112 valence electrons. The molecule has 0 spiro atoms. The molecule has 0 heterocycles. The van der Waals surface area contributed by atoms with Crippen molar-refractivity contribution in [3.05, 3.63) is 70.2 Å². The van der Waals surface area contributed by atoms with E-state index in [0.717, 1.165) is 11.1 Å². The van der Waals surface area contributed by atoms with Gasteiger partial charge in [-0.25, -0.2) is 0 Å². The van der Waals surface area contributed by atoms with E-state index in [4.69, 9.17) is 17.3 Å². The van der Waals surface area contributed by atoms with Gasteiger partial charge in [-0.3, -0.25) is 0 Å². The van der Waals surface area contributed by atoms with Gasteiger partial charge in [-0.1, -0.05) is 67.9 Å². The number of hydrogen-bond donors (Lipinski definition) is 2. The molecule has 3 N–H and O–H groups in total. The van der Waals surface area contributed by atoms with E-state index in [1.807, 2.05) is 36.4 Å². The van der Waals surface area contributed by atoms with Crippen molar-refractivity contribution in [2.45, 2.75) is 31.8 Å². The molecule has 3 heteroatoms. The molecule has 0 aromatic heterocycles. The largest absolute Gasteiger partial charge is 0.388 e. The average Bonchev–Trinajstić information content (AvgIpc) is 2.50. The number of aliphatic hydroxyl groups excluding tert-OH is 1. The highest BCUT2D eigenvalue weighted by molar-refractivity contribution is 6.31. The number of aliphatic hydroxyl groups is 1. The summed E-state index contributed by atoms with van der Waals surface area (Å²) in [5, 5.41) is 11.3. The van der Waals surface area contributed by atoms with Gasteiger partial charge >= 0.3 is 0 Å². The molecule has 0 aliphatic heterocycles. The average molecular weight is 304 g/mol. The molecular weight excluding hydrogens is 282 g/mol. The maximum atomic E-state index is 10.6. The van der Waals surface area contributed by atoms with Crippen LogP contribution in [0.5, 0.6) is 0 Å². The highest BCUT2D eigenvalue weighted by Gasteiger charge is 2.23. The SMILES string of the molecule is CC(C)c1ccc(C(O)C(CN)c2ccccc2Cl)cc1. The van der Waals surface area contributed by atoms with Crippen molar-refractivity contribution in [1.82, 2.24) is 0 Å². The number of hydrogen-bond acceptors (Lipinski definition) is 2. The first-order chi connectivity index (χ1) is 10.0. The van der Waals surface area contributed by atoms with Crippen LogP contribution in [-0.4, -0.2) is 11.7 Å². The molecule has 0 radical (unpaired) electrons. The fraction of sp³-hybridized carbons (Fsp3) is 0.333. The van der Waals surface area contributed by atoms with Gasteiger partial charge in [0, 0.05) is 17.5 Å². The quantitative estimate of drug-likeness (QED) is 0.868. The standard InChI is InChI=1S/C18H22ClNO/c1-12(2)13-7-9-14(10-8-13)18(21)16(11-20)15-5-3-4-6-17(15)19/h3-10,12,16,18,21H,11,20H2,1-2H3. The topological polar surface area (TPSA) is 46.2 Å². The van der Waals surface area contributed by atoms with Crippen LogP contribution in [0.15, 0.2) is 48.5 Å². The Morgan fingerprint density at radius 3 is 2.10 bits per heavy atom. The number of nitrogens with two attached hydrogens (primary N) is 1. The van der Waals surface area contributed by atoms with E-state index in [-0.39, 0.29) is 5.92 Å². The maximum Gasteiger partial charge on any atom is 0.0871 e. The van der Waals surface area contributed by atoms with Gasteiger partial charge in [0.2, 0.25) is 0 Å². The first-order valence-corrected chi connectivity index (χ1v) is 7.64. The van der Waals surface area contributed by atoms with Gasteiger partial charge in [-0.15, -0.1) is 0 Å². The van der Waals surface area contributed by atoms with Crippen LogP contribution in [0.3, 0.4) is 0 Å². The number of benzene rings is 2. The summed E-state index contributed by atoms with van der Waals surface area (Å²) in [6, 6.07) is 15.6. The van der Waals surface area contributed by atoms with Crippen molar-refractivity contribution in [2.24, 2.45) is 5.73 Å². The molecular formula is C18H22ClNO. The van der Waals surface area contributed by atoms with E-state index in [1.165, 1.54) is 5.56 Å². The Balaban J connectivity index is 2.28. The van der Waals surface area contributed by atoms with Crippen molar-refractivity contribution in [3.8, 4) is 0 Å². The summed E-state index contributed by atoms with van der Waals surface area (Å²) in [7, 11) is 0. The Hall–Kier alpha value is -1.35. The second kappa shape index (κ2) is 7.08. The minimum absolute atomic E-state index is 0.205. The van der Waals surface area contributed by atoms with Crippen LogP contribution in [0, 0.1) is 0 Å². The maximum absolute atomic E-state index is 10.6. The van der Waals surface area contributed by atoms with Gasteiger partial charge < -0.3 is 10.8 Å². The molecule has 0 aliphatic rings. The van der Waals surface area contributed by atoms with Crippen molar-refractivity contribution in [1.29, 1.82) is 0 Å². The third-order valence-corrected chi connectivity index (χ3v) is 4.23. The van der Waals surface area contributed by atoms with Crippen LogP contribution < -0.4 is 5.73 Å². The zero-order chi connectivity index (χ0) is 15.4. The van der Waals surface area contributed by atoms with Crippen LogP contribution in [0.25, 0.3) is 0 Å². The molecule has 0 amide bonds. The first kappa shape index (κ1) is 16.0. The Bertz CT molecular complexity index is 580. The van der Waals surface area contributed by atoms with Crippen molar-refractivity contribution >= 4 is 11.6 Å². The summed E-state index contributed by atoms with van der Waals surface area (Å²) in [4.78, 5) is 0. The number of halogens is 1. The lowest BCUT2D eigenvalue weighted by atomic mass is 9.88. The Kier molecular flexibility index (Phi) is 5.40. The molecule has 2 aromatic carbocycles. The lowest BCUT2D eigenvalue weighted by Crippen LogP contribution is -2.20. The second-order valence-electron chi connectivity index (χ2n) is 5.63. The zero-order valence-electron chi connectivity index (χ0n) is 12.5. The van der Waals surface area contributed by atoms with Gasteiger partial charge in [0.15, 0.2) is 0 Å². The molecule has 0 bridgehead atoms. The minimum atomic E-state index is -0.656. The molecule has 2 atom stereocenters. The highest BCUT2D eigenvalue weighted by Crippen LogP contribution is 2.34. The predicted octanol–water partition coefficient (Wildman–Crippen LogP) is 4.24. The molecule has 2 aromatic rings. The minimum Gasteiger partial charge on any atom is -0.388 e. The smallest absolute Gasteiger partial charge is 0.0871 e. The van der Waals surface area contributed by atoms with E-state index in [2.05, 4.69) is 26.0 Å². The van der Waals surface area contributed by atoms with Crippen molar-refractivity contribution < 1.29 is 5.11 Å². The van der Waals surface area contributed by atoms with Crippen molar-refractivity contribution in [3.63, 3.8) is 0 Å². The molecule has 0 saturated carbocycles. The molecule has 21 heavy (non-hydrogen) atoms. The molecule has 0 aliphatic carbocycles. The lowest BCUT2D eigenvalue weighted by molar-refractivity contribution is 0.147. The van der Waals surface area contributed by atoms with E-state index in [1.54, 1.807) is 0 Å². The van der Waals surface area contributed by atoms with Gasteiger partial charge in [0.25, 0.3) is 0 Å². The third kappa shape index (κ3) is 3.65. The Labute approximate surface area is 131 Å². The number of rotatable bonds is 5. The zero-order valence-corrected chi connectivity index (χ0v) is 13.2. The van der Waals surface area contributed by atoms with E-state index in [9.17, 15) is 5.11 Å². The van der Waals surface area contributed by atoms with Gasteiger partial charge in [0.1, 0.15) is 0 Å². The van der Waals surface area contributed by atoms with Crippen LogP contribution in [0.2, 0.25) is 5.02 Å². The third-order valence-electron chi connectivity index (χ3n) is 3.88. The van der Waals surface area contributed by atoms with Gasteiger partial charge in [-0.05, 0) is 28.7 Å². The summed E-state index contributed by atoms with van der Waals surface area (Å²) in [5.74, 6) is 0.272. The van der Waals surface area contributed by atoms with Crippen LogP contribution in [0.4, 0.5) is 0 Å². The van der Waals surface area contributed by atoms with Gasteiger partial charge in [0.05, 0.1) is 6.10 Å². The van der Waals surface area contributed by atoms with Crippen LogP contribution in [-0.2, 0) is 0 Å². The molecule has 0 saturated heterocycles. The second-order valence-corrected chi connectivity index (χ2v) is 6.04. The summed E-state index contributed by atoms with van der Waals surface area (Å²) in [5.41, 5.74) is 8.89. The molecule has 2 unspecified atom stereocenters. The molecule has 2 nitrogen and oxygen atoms in total. The summed E-state index contributed by atoms with van der Waals surface area (Å²) in [6.45, 7) is 4.65. The summed E-state index contributed by atoms with van der Waals surface area (Å²) in [6.07, 6.45) is -0.656. The highest BCUT2D eigenvalue weighted by atomic mass is 35.5. The Morgan fingerprint density at radius 1 is 1.00 bits per heavy atom. The van der Waals surface area contributed by atoms with Crippen LogP contribution in [0.1, 0.15) is 48.5 Å². The first-order valence-electron chi connectivity index (χ1n) is 7.27. The van der Waals surface area contributed by atoms with E-state index < -0.39 is 6.10 Å². The summed E-state index contributed by atoms with van der Waals surface area (Å²) >= 11 is 6.23. The molecule has 2 rings (SSSR count). The van der Waals surface area contributed by atoms with E-state index >= 15 is 0 Å².